The average molecular weight is 341 g/mol. The van der Waals surface area contributed by atoms with Crippen LogP contribution in [0.25, 0.3) is 0 Å². The smallest absolute Gasteiger partial charge is 0.228 e. The van der Waals surface area contributed by atoms with Crippen molar-refractivity contribution in [1.29, 1.82) is 5.26 Å². The molecule has 2 saturated heterocycles. The Morgan fingerprint density at radius 1 is 1.24 bits per heavy atom. The van der Waals surface area contributed by atoms with Crippen LogP contribution in [-0.2, 0) is 9.53 Å². The maximum atomic E-state index is 13.0. The minimum absolute atomic E-state index is 0.0108. The second-order valence-corrected chi connectivity index (χ2v) is 6.86. The van der Waals surface area contributed by atoms with Crippen LogP contribution in [-0.4, -0.2) is 49.7 Å². The summed E-state index contributed by atoms with van der Waals surface area (Å²) in [5.41, 5.74) is 1.68. The minimum atomic E-state index is 0.0108. The van der Waals surface area contributed by atoms with Crippen LogP contribution in [0.4, 0.5) is 5.69 Å². The second kappa shape index (κ2) is 8.35. The van der Waals surface area contributed by atoms with Gasteiger partial charge in [0.1, 0.15) is 6.07 Å². The van der Waals surface area contributed by atoms with Gasteiger partial charge in [-0.15, -0.1) is 0 Å². The molecule has 0 saturated carbocycles. The summed E-state index contributed by atoms with van der Waals surface area (Å²) in [6.07, 6.45) is 3.80. The molecule has 2 fully saturated rings. The zero-order valence-electron chi connectivity index (χ0n) is 15.0. The predicted molar refractivity (Wildman–Crippen MR) is 97.3 cm³/mol. The number of ether oxygens (including phenoxy) is 1. The van der Waals surface area contributed by atoms with Crippen molar-refractivity contribution in [2.24, 2.45) is 5.92 Å². The molecular formula is C20H27N3O2. The molecule has 2 aliphatic heterocycles. The van der Waals surface area contributed by atoms with Crippen molar-refractivity contribution < 1.29 is 9.53 Å². The van der Waals surface area contributed by atoms with Gasteiger partial charge in [-0.05, 0) is 37.8 Å². The summed E-state index contributed by atoms with van der Waals surface area (Å²) in [5, 5.41) is 9.33. The molecule has 134 valence electrons. The molecule has 0 aliphatic carbocycles. The molecule has 0 spiro atoms. The lowest BCUT2D eigenvalue weighted by Crippen LogP contribution is -2.45. The van der Waals surface area contributed by atoms with Crippen LogP contribution in [0, 0.1) is 17.2 Å². The number of carbonyl (C=O) groups is 1. The van der Waals surface area contributed by atoms with Crippen molar-refractivity contribution >= 4 is 11.6 Å². The van der Waals surface area contributed by atoms with E-state index < -0.39 is 0 Å². The number of nitriles is 1. The van der Waals surface area contributed by atoms with Gasteiger partial charge in [-0.25, -0.2) is 0 Å². The van der Waals surface area contributed by atoms with E-state index in [1.54, 1.807) is 0 Å². The lowest BCUT2D eigenvalue weighted by atomic mass is 9.91. The van der Waals surface area contributed by atoms with Gasteiger partial charge >= 0.3 is 0 Å². The number of carbonyl (C=O) groups excluding carboxylic acids is 1. The van der Waals surface area contributed by atoms with Gasteiger partial charge in [0.2, 0.25) is 5.91 Å². The molecule has 25 heavy (non-hydrogen) atoms. The molecular weight excluding hydrogens is 314 g/mol. The fourth-order valence-corrected chi connectivity index (χ4v) is 3.98. The van der Waals surface area contributed by atoms with Gasteiger partial charge in [-0.1, -0.05) is 19.1 Å². The number of anilines is 1. The number of hydrogen-bond acceptors (Lipinski definition) is 4. The topological polar surface area (TPSA) is 56.6 Å². The molecule has 2 heterocycles. The number of rotatable bonds is 3. The van der Waals surface area contributed by atoms with Gasteiger partial charge in [0.05, 0.1) is 23.3 Å². The van der Waals surface area contributed by atoms with Crippen molar-refractivity contribution in [2.75, 3.05) is 37.7 Å². The maximum absolute atomic E-state index is 13.0. The monoisotopic (exact) mass is 341 g/mol. The van der Waals surface area contributed by atoms with Crippen molar-refractivity contribution in [1.82, 2.24) is 4.90 Å². The summed E-state index contributed by atoms with van der Waals surface area (Å²) < 4.78 is 5.81. The largest absolute Gasteiger partial charge is 0.377 e. The molecule has 1 aromatic rings. The van der Waals surface area contributed by atoms with Gasteiger partial charge in [0.15, 0.2) is 0 Å². The third-order valence-corrected chi connectivity index (χ3v) is 5.33. The van der Waals surface area contributed by atoms with Gasteiger partial charge in [0.25, 0.3) is 0 Å². The van der Waals surface area contributed by atoms with Gasteiger partial charge < -0.3 is 14.5 Å². The highest BCUT2D eigenvalue weighted by Crippen LogP contribution is 2.26. The summed E-state index contributed by atoms with van der Waals surface area (Å²) in [5.74, 6) is 0.263. The van der Waals surface area contributed by atoms with Gasteiger partial charge in [-0.3, -0.25) is 4.79 Å². The van der Waals surface area contributed by atoms with E-state index in [2.05, 4.69) is 17.9 Å². The third-order valence-electron chi connectivity index (χ3n) is 5.33. The van der Waals surface area contributed by atoms with Crippen LogP contribution in [0.1, 0.15) is 38.2 Å². The Balaban J connectivity index is 1.67. The summed E-state index contributed by atoms with van der Waals surface area (Å²) in [7, 11) is 0. The number of nitrogens with zero attached hydrogens (tertiary/aromatic N) is 3. The summed E-state index contributed by atoms with van der Waals surface area (Å²) in [6, 6.07) is 9.99. The zero-order valence-corrected chi connectivity index (χ0v) is 15.0. The van der Waals surface area contributed by atoms with Crippen molar-refractivity contribution in [3.63, 3.8) is 0 Å². The molecule has 0 radical (unpaired) electrons. The Labute approximate surface area is 150 Å². The van der Waals surface area contributed by atoms with Crippen molar-refractivity contribution in [3.8, 4) is 6.07 Å². The second-order valence-electron chi connectivity index (χ2n) is 6.86. The Hall–Kier alpha value is -2.06. The first-order valence-electron chi connectivity index (χ1n) is 9.39. The van der Waals surface area contributed by atoms with E-state index in [4.69, 9.17) is 4.74 Å². The summed E-state index contributed by atoms with van der Waals surface area (Å²) in [6.45, 7) is 6.03. The van der Waals surface area contributed by atoms with Crippen LogP contribution >= 0.6 is 0 Å². The van der Waals surface area contributed by atoms with Gasteiger partial charge in [0, 0.05) is 32.8 Å². The van der Waals surface area contributed by atoms with Crippen LogP contribution in [0.3, 0.4) is 0 Å². The minimum Gasteiger partial charge on any atom is -0.377 e. The molecule has 2 aliphatic rings. The highest BCUT2D eigenvalue weighted by molar-refractivity contribution is 5.79. The standard InChI is InChI=1S/C20H27N3O2/c1-2-19-17(8-5-14-25-19)20(24)23-11-6-10-22(12-13-23)18-9-4-3-7-16(18)15-21/h3-4,7,9,17,19H,2,5-6,8,10-14H2,1H3/t17-,19+/m0/s1. The van der Waals surface area contributed by atoms with E-state index in [-0.39, 0.29) is 17.9 Å². The van der Waals surface area contributed by atoms with Crippen LogP contribution < -0.4 is 4.90 Å². The Morgan fingerprint density at radius 2 is 2.08 bits per heavy atom. The Bertz CT molecular complexity index is 640. The molecule has 0 unspecified atom stereocenters. The zero-order chi connectivity index (χ0) is 17.6. The number of para-hydroxylation sites is 1. The first-order valence-corrected chi connectivity index (χ1v) is 9.39. The number of benzene rings is 1. The number of amides is 1. The molecule has 5 heteroatoms. The first kappa shape index (κ1) is 17.8. The average Bonchev–Trinajstić information content (AvgIpc) is 2.93. The summed E-state index contributed by atoms with van der Waals surface area (Å²) >= 11 is 0. The first-order chi connectivity index (χ1) is 12.2. The van der Waals surface area contributed by atoms with Crippen LogP contribution in [0.2, 0.25) is 0 Å². The Morgan fingerprint density at radius 3 is 2.88 bits per heavy atom. The molecule has 5 nitrogen and oxygen atoms in total. The van der Waals surface area contributed by atoms with Crippen molar-refractivity contribution in [2.45, 2.75) is 38.7 Å². The van der Waals surface area contributed by atoms with E-state index in [0.29, 0.717) is 12.1 Å². The number of hydrogen-bond donors (Lipinski definition) is 0. The molecule has 1 amide bonds. The van der Waals surface area contributed by atoms with Gasteiger partial charge in [-0.2, -0.15) is 5.26 Å². The highest BCUT2D eigenvalue weighted by Gasteiger charge is 2.34. The summed E-state index contributed by atoms with van der Waals surface area (Å²) in [4.78, 5) is 17.3. The van der Waals surface area contributed by atoms with Crippen molar-refractivity contribution in [3.05, 3.63) is 29.8 Å². The molecule has 0 bridgehead atoms. The quantitative estimate of drug-likeness (QED) is 0.848. The fourth-order valence-electron chi connectivity index (χ4n) is 3.98. The lowest BCUT2D eigenvalue weighted by Gasteiger charge is -2.34. The molecule has 2 atom stereocenters. The lowest BCUT2D eigenvalue weighted by molar-refractivity contribution is -0.145. The molecule has 0 aromatic heterocycles. The maximum Gasteiger partial charge on any atom is 0.228 e. The molecule has 1 aromatic carbocycles. The highest BCUT2D eigenvalue weighted by atomic mass is 16.5. The fraction of sp³-hybridized carbons (Fsp3) is 0.600. The normalized spacial score (nSPS) is 24.5. The van der Waals surface area contributed by atoms with E-state index >= 15 is 0 Å². The third kappa shape index (κ3) is 3.96. The van der Waals surface area contributed by atoms with E-state index in [0.717, 1.165) is 57.6 Å². The predicted octanol–water partition coefficient (Wildman–Crippen LogP) is 2.80. The SMILES string of the molecule is CC[C@H]1OCCC[C@@H]1C(=O)N1CCCN(c2ccccc2C#N)CC1. The Kier molecular flexibility index (Phi) is 5.93. The molecule has 0 N–H and O–H groups in total. The van der Waals surface area contributed by atoms with E-state index in [9.17, 15) is 10.1 Å². The van der Waals surface area contributed by atoms with E-state index in [1.165, 1.54) is 0 Å². The van der Waals surface area contributed by atoms with E-state index in [1.807, 2.05) is 29.2 Å². The molecule has 3 rings (SSSR count). The van der Waals surface area contributed by atoms with Crippen LogP contribution in [0.15, 0.2) is 24.3 Å². The van der Waals surface area contributed by atoms with Crippen LogP contribution in [0.5, 0.6) is 0 Å².